The van der Waals surface area contributed by atoms with Crippen LogP contribution < -0.4 is 70.0 Å². The van der Waals surface area contributed by atoms with E-state index in [4.69, 9.17) is 0 Å². The van der Waals surface area contributed by atoms with Crippen LogP contribution in [0, 0.1) is 0 Å². The Kier molecular flexibility index (Phi) is 11.6. The normalized spacial score (nSPS) is 15.3. The Morgan fingerprint density at radius 3 is 1.19 bits per heavy atom. The van der Waals surface area contributed by atoms with Crippen molar-refractivity contribution >= 4 is 66.8 Å². The average molecular weight is 699 g/mol. The Labute approximate surface area is 319 Å². The number of nitrogens with zero attached hydrogens (tertiary/aromatic N) is 2. The molecule has 2 N–H and O–H groups in total. The second-order valence-corrected chi connectivity index (χ2v) is 12.7. The number of allylic oxidation sites excluding steroid dienone is 2. The summed E-state index contributed by atoms with van der Waals surface area (Å²) < 4.78 is 70.9. The Bertz CT molecular complexity index is 2120. The van der Waals surface area contributed by atoms with Crippen LogP contribution in [0.2, 0.25) is 0 Å². The number of fused-ring (bicyclic) bond motifs is 2. The van der Waals surface area contributed by atoms with Gasteiger partial charge in [0.2, 0.25) is 11.6 Å². The van der Waals surface area contributed by atoms with Gasteiger partial charge in [0.1, 0.15) is 31.7 Å². The summed E-state index contributed by atoms with van der Waals surface area (Å²) in [6.45, 7) is 0. The minimum atomic E-state index is -4.86. The summed E-state index contributed by atoms with van der Waals surface area (Å²) in [6.07, 6.45) is 5.35. The molecule has 0 aromatic heterocycles. The Morgan fingerprint density at radius 2 is 0.854 bits per heavy atom. The minimum Gasteiger partial charge on any atom is -0.744 e. The maximum absolute atomic E-state index is 12.6. The third kappa shape index (κ3) is 7.84. The molecule has 0 saturated carbocycles. The molecule has 0 atom stereocenters. The molecule has 0 spiro atoms. The van der Waals surface area contributed by atoms with Crippen LogP contribution in [-0.2, 0) is 29.8 Å². The summed E-state index contributed by atoms with van der Waals surface area (Å²) in [4.78, 5) is 24.1. The van der Waals surface area contributed by atoms with Gasteiger partial charge in [-0.3, -0.25) is 20.4 Å². The SMILES string of the molecule is O=C1C=Cc2cccc(S(=O)(=O)[O-])c2/C1=N/Nc1ccc(-c2ccc(N/N=C3\C(=O)C=Cc4cccc(S(=O)(=O)[O-])c43)cc2)cc1.[Na+].[Na+]. The Morgan fingerprint density at radius 1 is 0.500 bits per heavy atom. The van der Waals surface area contributed by atoms with Crippen LogP contribution in [0.25, 0.3) is 23.3 Å². The second-order valence-electron chi connectivity index (χ2n) is 10.0. The van der Waals surface area contributed by atoms with E-state index in [1.165, 1.54) is 36.4 Å². The second kappa shape index (κ2) is 14.9. The van der Waals surface area contributed by atoms with Gasteiger partial charge in [0, 0.05) is 11.1 Å². The predicted molar refractivity (Wildman–Crippen MR) is 169 cm³/mol. The zero-order valence-corrected chi connectivity index (χ0v) is 31.0. The molecule has 6 rings (SSSR count). The number of carbonyl (C=O) groups excluding carboxylic acids is 2. The monoisotopic (exact) mass is 698 g/mol. The number of benzene rings is 4. The average Bonchev–Trinajstić information content (AvgIpc) is 3.03. The molecule has 4 aromatic rings. The van der Waals surface area contributed by atoms with E-state index in [-0.39, 0.29) is 81.7 Å². The van der Waals surface area contributed by atoms with Crippen LogP contribution in [0.1, 0.15) is 22.3 Å². The van der Waals surface area contributed by atoms with Gasteiger partial charge < -0.3 is 9.11 Å². The molecule has 0 aliphatic heterocycles. The quantitative estimate of drug-likeness (QED) is 0.124. The molecule has 2 aliphatic rings. The Hall–Kier alpha value is -3.54. The van der Waals surface area contributed by atoms with Gasteiger partial charge in [-0.15, -0.1) is 0 Å². The molecule has 0 heterocycles. The van der Waals surface area contributed by atoms with E-state index in [2.05, 4.69) is 21.1 Å². The van der Waals surface area contributed by atoms with Crippen molar-refractivity contribution < 1.29 is 94.6 Å². The number of ketones is 2. The van der Waals surface area contributed by atoms with Crippen molar-refractivity contribution in [3.05, 3.63) is 119 Å². The van der Waals surface area contributed by atoms with Crippen LogP contribution in [0.15, 0.2) is 117 Å². The van der Waals surface area contributed by atoms with Crippen LogP contribution in [0.5, 0.6) is 0 Å². The van der Waals surface area contributed by atoms with E-state index >= 15 is 0 Å². The minimum absolute atomic E-state index is 0. The molecule has 0 bridgehead atoms. The topological polar surface area (TPSA) is 197 Å². The molecule has 230 valence electrons. The number of anilines is 2. The van der Waals surface area contributed by atoms with Gasteiger partial charge in [0.25, 0.3) is 0 Å². The summed E-state index contributed by atoms with van der Waals surface area (Å²) in [5, 5.41) is 8.25. The maximum atomic E-state index is 12.6. The molecule has 16 heteroatoms. The number of hydrogen-bond donors (Lipinski definition) is 2. The number of hydrogen-bond acceptors (Lipinski definition) is 12. The van der Waals surface area contributed by atoms with Gasteiger partial charge in [-0.25, -0.2) is 16.8 Å². The van der Waals surface area contributed by atoms with Crippen molar-refractivity contribution in [2.45, 2.75) is 9.79 Å². The third-order valence-electron chi connectivity index (χ3n) is 7.12. The van der Waals surface area contributed by atoms with Crippen molar-refractivity contribution in [1.29, 1.82) is 0 Å². The fourth-order valence-electron chi connectivity index (χ4n) is 4.97. The molecule has 0 saturated heterocycles. The smallest absolute Gasteiger partial charge is 0.744 e. The van der Waals surface area contributed by atoms with E-state index in [1.807, 2.05) is 0 Å². The number of hydrazone groups is 2. The molecule has 12 nitrogen and oxygen atoms in total. The van der Waals surface area contributed by atoms with Gasteiger partial charge in [0.15, 0.2) is 0 Å². The zero-order chi connectivity index (χ0) is 32.6. The summed E-state index contributed by atoms with van der Waals surface area (Å²) >= 11 is 0. The van der Waals surface area contributed by atoms with Gasteiger partial charge in [-0.2, -0.15) is 10.2 Å². The van der Waals surface area contributed by atoms with E-state index in [1.54, 1.807) is 60.7 Å². The van der Waals surface area contributed by atoms with E-state index < -0.39 is 41.6 Å². The Balaban J connectivity index is 0.00000260. The largest absolute Gasteiger partial charge is 1.00 e. The van der Waals surface area contributed by atoms with Gasteiger partial charge >= 0.3 is 59.1 Å². The fraction of sp³-hybridized carbons (Fsp3) is 0. The molecule has 48 heavy (non-hydrogen) atoms. The zero-order valence-electron chi connectivity index (χ0n) is 25.4. The van der Waals surface area contributed by atoms with E-state index in [0.29, 0.717) is 22.5 Å². The van der Waals surface area contributed by atoms with E-state index in [0.717, 1.165) is 23.3 Å². The summed E-state index contributed by atoms with van der Waals surface area (Å²) in [6, 6.07) is 22.2. The van der Waals surface area contributed by atoms with Gasteiger partial charge in [-0.05, 0) is 70.8 Å². The first-order valence-electron chi connectivity index (χ1n) is 13.4. The molecular formula is C32H20N4Na2O8S2. The number of nitrogens with one attached hydrogen (secondary N) is 2. The van der Waals surface area contributed by atoms with Gasteiger partial charge in [-0.1, -0.05) is 60.7 Å². The molecule has 2 aliphatic carbocycles. The van der Waals surface area contributed by atoms with Gasteiger partial charge in [0.05, 0.1) is 21.2 Å². The molecule has 0 amide bonds. The van der Waals surface area contributed by atoms with E-state index in [9.17, 15) is 35.5 Å². The first kappa shape index (κ1) is 37.3. The molecule has 0 unspecified atom stereocenters. The van der Waals surface area contributed by atoms with Crippen molar-refractivity contribution in [2.24, 2.45) is 10.2 Å². The van der Waals surface area contributed by atoms with Crippen molar-refractivity contribution in [3.8, 4) is 11.1 Å². The van der Waals surface area contributed by atoms with Crippen molar-refractivity contribution in [3.63, 3.8) is 0 Å². The standard InChI is InChI=1S/C32H22N4O8S2.2Na/c37-25-17-11-21-3-1-5-27(45(39,40)41)29(21)31(25)35-33-23-13-7-19(8-14-23)20-9-15-24(16-10-20)34-36-32-26(38)18-12-22-4-2-6-28(30(22)32)46(42,43)44;;/h1-18,33-34H,(H,39,40,41)(H,42,43,44);;/q;2*+1/p-2/b35-31+,36-32+;;. The predicted octanol–water partition coefficient (Wildman–Crippen LogP) is -2.01. The molecule has 0 radical (unpaired) electrons. The van der Waals surface area contributed by atoms with Crippen molar-refractivity contribution in [1.82, 2.24) is 0 Å². The van der Waals surface area contributed by atoms with Crippen LogP contribution in [0.3, 0.4) is 0 Å². The number of carbonyl (C=O) groups is 2. The fourth-order valence-corrected chi connectivity index (χ4v) is 6.39. The summed E-state index contributed by atoms with van der Waals surface area (Å²) in [5.41, 5.74) is 8.32. The first-order valence-corrected chi connectivity index (χ1v) is 16.2. The summed E-state index contributed by atoms with van der Waals surface area (Å²) in [7, 11) is -9.72. The number of rotatable bonds is 7. The van der Waals surface area contributed by atoms with Crippen LogP contribution in [-0.4, -0.2) is 48.9 Å². The third-order valence-corrected chi connectivity index (χ3v) is 8.88. The summed E-state index contributed by atoms with van der Waals surface area (Å²) in [5.74, 6) is -1.12. The van der Waals surface area contributed by atoms with Crippen LogP contribution in [0.4, 0.5) is 11.4 Å². The maximum Gasteiger partial charge on any atom is 1.00 e. The van der Waals surface area contributed by atoms with Crippen LogP contribution >= 0.6 is 0 Å². The molecule has 4 aromatic carbocycles. The van der Waals surface area contributed by atoms with Crippen molar-refractivity contribution in [2.75, 3.05) is 10.9 Å². The molecule has 0 fully saturated rings. The first-order chi connectivity index (χ1) is 21.9. The molecular weight excluding hydrogens is 678 g/mol.